The van der Waals surface area contributed by atoms with Crippen LogP contribution in [-0.2, 0) is 0 Å². The Morgan fingerprint density at radius 2 is 2.32 bits per heavy atom. The van der Waals surface area contributed by atoms with Crippen LogP contribution in [0.25, 0.3) is 0 Å². The maximum absolute atomic E-state index is 13.8. The Hall–Kier alpha value is -1.86. The molecule has 134 valence electrons. The first-order valence-electron chi connectivity index (χ1n) is 8.56. The summed E-state index contributed by atoms with van der Waals surface area (Å²) in [4.78, 5) is 23.8. The van der Waals surface area contributed by atoms with Gasteiger partial charge in [-0.05, 0) is 31.4 Å². The fourth-order valence-corrected chi connectivity index (χ4v) is 4.08. The number of nitrogens with zero attached hydrogens (tertiary/aromatic N) is 3. The zero-order valence-corrected chi connectivity index (χ0v) is 15.6. The number of ketones is 1. The van der Waals surface area contributed by atoms with E-state index in [4.69, 9.17) is 0 Å². The lowest BCUT2D eigenvalue weighted by Gasteiger charge is -2.34. The summed E-state index contributed by atoms with van der Waals surface area (Å²) in [5.74, 6) is -0.527. The second kappa shape index (κ2) is 7.58. The second-order valence-corrected chi connectivity index (χ2v) is 7.98. The summed E-state index contributed by atoms with van der Waals surface area (Å²) in [6.07, 6.45) is 2.44. The van der Waals surface area contributed by atoms with Crippen LogP contribution in [-0.4, -0.2) is 41.4 Å². The van der Waals surface area contributed by atoms with Gasteiger partial charge >= 0.3 is 0 Å². The van der Waals surface area contributed by atoms with Gasteiger partial charge in [-0.25, -0.2) is 9.97 Å². The van der Waals surface area contributed by atoms with Crippen molar-refractivity contribution in [2.24, 2.45) is 5.92 Å². The average Bonchev–Trinajstić information content (AvgIpc) is 2.96. The van der Waals surface area contributed by atoms with E-state index in [-0.39, 0.29) is 5.56 Å². The molecule has 0 aliphatic carbocycles. The Kier molecular flexibility index (Phi) is 5.44. The van der Waals surface area contributed by atoms with Gasteiger partial charge in [0.2, 0.25) is 11.7 Å². The lowest BCUT2D eigenvalue weighted by Crippen LogP contribution is -2.51. The highest BCUT2D eigenvalue weighted by Gasteiger charge is 2.26. The van der Waals surface area contributed by atoms with E-state index in [1.807, 2.05) is 6.92 Å². The van der Waals surface area contributed by atoms with E-state index in [1.165, 1.54) is 23.6 Å². The molecule has 5 nitrogen and oxygen atoms in total. The largest absolute Gasteiger partial charge is 0.345 e. The van der Waals surface area contributed by atoms with E-state index in [0.717, 1.165) is 36.1 Å². The lowest BCUT2D eigenvalue weighted by atomic mass is 10.0. The van der Waals surface area contributed by atoms with Crippen molar-refractivity contribution in [3.8, 4) is 0 Å². The number of aromatic nitrogens is 2. The molecule has 0 spiro atoms. The number of carbonyl (C=O) groups is 1. The van der Waals surface area contributed by atoms with Crippen LogP contribution in [0.1, 0.15) is 41.2 Å². The predicted molar refractivity (Wildman–Crippen MR) is 97.9 cm³/mol. The first-order valence-corrected chi connectivity index (χ1v) is 9.38. The number of halogens is 1. The number of anilines is 1. The summed E-state index contributed by atoms with van der Waals surface area (Å²) in [7, 11) is 0. The molecular weight excluding hydrogens is 339 g/mol. The van der Waals surface area contributed by atoms with Gasteiger partial charge in [-0.2, -0.15) is 4.39 Å². The SMILES string of the molecule is Cc1sc(N2CCNC(CC(C)C)C2)nc1C(=O)c1cccnc1F. The summed E-state index contributed by atoms with van der Waals surface area (Å²) in [6.45, 7) is 8.92. The van der Waals surface area contributed by atoms with Crippen LogP contribution in [0.2, 0.25) is 0 Å². The summed E-state index contributed by atoms with van der Waals surface area (Å²) >= 11 is 1.49. The monoisotopic (exact) mass is 362 g/mol. The molecule has 1 aliphatic heterocycles. The van der Waals surface area contributed by atoms with Crippen LogP contribution in [0.3, 0.4) is 0 Å². The van der Waals surface area contributed by atoms with Crippen LogP contribution in [0.15, 0.2) is 18.3 Å². The minimum atomic E-state index is -0.749. The fraction of sp³-hybridized carbons (Fsp3) is 0.500. The van der Waals surface area contributed by atoms with Crippen molar-refractivity contribution in [2.45, 2.75) is 33.2 Å². The molecule has 0 amide bonds. The third-order valence-corrected chi connectivity index (χ3v) is 5.32. The van der Waals surface area contributed by atoms with Gasteiger partial charge < -0.3 is 10.2 Å². The Bertz CT molecular complexity index is 761. The summed E-state index contributed by atoms with van der Waals surface area (Å²) < 4.78 is 13.8. The van der Waals surface area contributed by atoms with Gasteiger partial charge in [0, 0.05) is 36.8 Å². The number of aryl methyl sites for hydroxylation is 1. The molecule has 0 bridgehead atoms. The topological polar surface area (TPSA) is 58.1 Å². The summed E-state index contributed by atoms with van der Waals surface area (Å²) in [5.41, 5.74) is 0.297. The third-order valence-electron chi connectivity index (χ3n) is 4.29. The molecule has 1 N–H and O–H groups in total. The maximum atomic E-state index is 13.8. The van der Waals surface area contributed by atoms with Gasteiger partial charge in [0.1, 0.15) is 5.69 Å². The van der Waals surface area contributed by atoms with E-state index in [1.54, 1.807) is 6.07 Å². The molecule has 1 unspecified atom stereocenters. The second-order valence-electron chi connectivity index (χ2n) is 6.80. The molecule has 0 aromatic carbocycles. The molecule has 1 aliphatic rings. The zero-order chi connectivity index (χ0) is 18.0. The van der Waals surface area contributed by atoms with Crippen molar-refractivity contribution in [3.05, 3.63) is 40.4 Å². The minimum Gasteiger partial charge on any atom is -0.345 e. The van der Waals surface area contributed by atoms with Gasteiger partial charge in [0.25, 0.3) is 0 Å². The molecule has 0 radical (unpaired) electrons. The number of carbonyl (C=O) groups excluding carboxylic acids is 1. The number of pyridine rings is 1. The van der Waals surface area contributed by atoms with E-state index in [2.05, 4.69) is 34.0 Å². The molecule has 3 heterocycles. The molecular formula is C18H23FN4OS. The normalized spacial score (nSPS) is 18.0. The predicted octanol–water partition coefficient (Wildman–Crippen LogP) is 3.04. The van der Waals surface area contributed by atoms with Crippen LogP contribution in [0.4, 0.5) is 9.52 Å². The molecule has 2 aromatic rings. The summed E-state index contributed by atoms with van der Waals surface area (Å²) in [5, 5.41) is 4.37. The fourth-order valence-electron chi connectivity index (χ4n) is 3.14. The Morgan fingerprint density at radius 1 is 1.52 bits per heavy atom. The van der Waals surface area contributed by atoms with E-state index in [9.17, 15) is 9.18 Å². The quantitative estimate of drug-likeness (QED) is 0.654. The van der Waals surface area contributed by atoms with Crippen LogP contribution in [0, 0.1) is 18.8 Å². The lowest BCUT2D eigenvalue weighted by molar-refractivity contribution is 0.103. The van der Waals surface area contributed by atoms with Crippen LogP contribution >= 0.6 is 11.3 Å². The van der Waals surface area contributed by atoms with Crippen molar-refractivity contribution in [1.82, 2.24) is 15.3 Å². The molecule has 1 fully saturated rings. The highest BCUT2D eigenvalue weighted by atomic mass is 32.1. The van der Waals surface area contributed by atoms with Gasteiger partial charge in [-0.1, -0.05) is 13.8 Å². The van der Waals surface area contributed by atoms with Gasteiger partial charge in [-0.15, -0.1) is 11.3 Å². The van der Waals surface area contributed by atoms with E-state index >= 15 is 0 Å². The maximum Gasteiger partial charge on any atom is 0.224 e. The van der Waals surface area contributed by atoms with Crippen molar-refractivity contribution >= 4 is 22.3 Å². The number of piperazine rings is 1. The molecule has 7 heteroatoms. The number of nitrogens with one attached hydrogen (secondary N) is 1. The van der Waals surface area contributed by atoms with Gasteiger partial charge in [0.15, 0.2) is 5.13 Å². The Morgan fingerprint density at radius 3 is 3.04 bits per heavy atom. The number of thiazole rings is 1. The number of hydrogen-bond acceptors (Lipinski definition) is 6. The van der Waals surface area contributed by atoms with Crippen LogP contribution < -0.4 is 10.2 Å². The van der Waals surface area contributed by atoms with E-state index in [0.29, 0.717) is 17.7 Å². The van der Waals surface area contributed by atoms with Crippen LogP contribution in [0.5, 0.6) is 0 Å². The van der Waals surface area contributed by atoms with Crippen molar-refractivity contribution in [2.75, 3.05) is 24.5 Å². The molecule has 3 rings (SSSR count). The highest BCUT2D eigenvalue weighted by Crippen LogP contribution is 2.28. The highest BCUT2D eigenvalue weighted by molar-refractivity contribution is 7.15. The number of hydrogen-bond donors (Lipinski definition) is 1. The first kappa shape index (κ1) is 17.9. The van der Waals surface area contributed by atoms with E-state index < -0.39 is 11.7 Å². The smallest absolute Gasteiger partial charge is 0.224 e. The Labute approximate surface area is 151 Å². The number of rotatable bonds is 5. The average molecular weight is 362 g/mol. The van der Waals surface area contributed by atoms with Crippen molar-refractivity contribution in [3.63, 3.8) is 0 Å². The first-order chi connectivity index (χ1) is 12.0. The molecule has 2 aromatic heterocycles. The standard InChI is InChI=1S/C18H23FN4OS/c1-11(2)9-13-10-23(8-7-20-13)18-22-15(12(3)25-18)16(24)14-5-4-6-21-17(14)19/h4-6,11,13,20H,7-10H2,1-3H3. The summed E-state index contributed by atoms with van der Waals surface area (Å²) in [6, 6.07) is 3.44. The zero-order valence-electron chi connectivity index (χ0n) is 14.8. The minimum absolute atomic E-state index is 0.0274. The third kappa shape index (κ3) is 4.04. The van der Waals surface area contributed by atoms with Gasteiger partial charge in [-0.3, -0.25) is 4.79 Å². The molecule has 1 saturated heterocycles. The molecule has 25 heavy (non-hydrogen) atoms. The van der Waals surface area contributed by atoms with Crippen molar-refractivity contribution < 1.29 is 9.18 Å². The molecule has 1 atom stereocenters. The van der Waals surface area contributed by atoms with Gasteiger partial charge in [0.05, 0.1) is 5.56 Å². The Balaban J connectivity index is 1.80. The molecule has 0 saturated carbocycles. The van der Waals surface area contributed by atoms with Crippen molar-refractivity contribution in [1.29, 1.82) is 0 Å².